The molecule has 0 spiro atoms. The maximum Gasteiger partial charge on any atom is 0.110 e. The number of hydrogen-bond donors (Lipinski definition) is 1. The summed E-state index contributed by atoms with van der Waals surface area (Å²) < 4.78 is 2.32. The number of hydrogen-bond acceptors (Lipinski definition) is 3. The molecular weight excluding hydrogens is 248 g/mol. The summed E-state index contributed by atoms with van der Waals surface area (Å²) in [6.07, 6.45) is 8.14. The maximum absolute atomic E-state index is 6.03. The van der Waals surface area contributed by atoms with Gasteiger partial charge in [0.1, 0.15) is 5.82 Å². The Morgan fingerprint density at radius 3 is 3.00 bits per heavy atom. The molecule has 1 aromatic rings. The molecule has 0 aromatic carbocycles. The summed E-state index contributed by atoms with van der Waals surface area (Å²) >= 11 is 0. The zero-order valence-corrected chi connectivity index (χ0v) is 12.9. The monoisotopic (exact) mass is 276 g/mol. The molecule has 0 radical (unpaired) electrons. The van der Waals surface area contributed by atoms with Gasteiger partial charge in [-0.2, -0.15) is 0 Å². The minimum atomic E-state index is 0.309. The second kappa shape index (κ2) is 5.86. The Kier molecular flexibility index (Phi) is 4.13. The fourth-order valence-electron chi connectivity index (χ4n) is 3.64. The van der Waals surface area contributed by atoms with Crippen molar-refractivity contribution in [1.82, 2.24) is 14.5 Å². The molecule has 2 aliphatic rings. The average molecular weight is 276 g/mol. The van der Waals surface area contributed by atoms with E-state index >= 15 is 0 Å². The van der Waals surface area contributed by atoms with E-state index in [0.717, 1.165) is 31.7 Å². The first-order valence-corrected chi connectivity index (χ1v) is 8.16. The number of nitrogens with zero attached hydrogens (tertiary/aromatic N) is 3. The van der Waals surface area contributed by atoms with Gasteiger partial charge in [-0.1, -0.05) is 0 Å². The normalized spacial score (nSPS) is 27.8. The number of aromatic nitrogens is 2. The molecule has 1 aromatic heterocycles. The Bertz CT molecular complexity index is 451. The number of rotatable bonds is 3. The lowest BCUT2D eigenvalue weighted by atomic mass is 9.93. The van der Waals surface area contributed by atoms with Crippen molar-refractivity contribution >= 4 is 0 Å². The lowest BCUT2D eigenvalue weighted by Crippen LogP contribution is -2.40. The third-order valence-electron chi connectivity index (χ3n) is 4.87. The van der Waals surface area contributed by atoms with E-state index in [1.807, 2.05) is 0 Å². The van der Waals surface area contributed by atoms with Crippen LogP contribution in [0, 0.1) is 5.92 Å². The van der Waals surface area contributed by atoms with Crippen molar-refractivity contribution in [2.45, 2.75) is 64.6 Å². The Balaban J connectivity index is 1.63. The minimum absolute atomic E-state index is 0.309. The van der Waals surface area contributed by atoms with Crippen molar-refractivity contribution in [1.29, 1.82) is 0 Å². The highest BCUT2D eigenvalue weighted by atomic mass is 15.2. The van der Waals surface area contributed by atoms with Crippen LogP contribution in [0.1, 0.15) is 44.6 Å². The third-order valence-corrected chi connectivity index (χ3v) is 4.87. The zero-order valence-electron chi connectivity index (χ0n) is 12.9. The molecule has 4 nitrogen and oxygen atoms in total. The summed E-state index contributed by atoms with van der Waals surface area (Å²) in [6, 6.07) is 0.981. The van der Waals surface area contributed by atoms with Crippen LogP contribution in [-0.2, 0) is 19.4 Å². The lowest BCUT2D eigenvalue weighted by molar-refractivity contribution is 0.139. The molecule has 4 heteroatoms. The van der Waals surface area contributed by atoms with Crippen LogP contribution in [-0.4, -0.2) is 39.6 Å². The van der Waals surface area contributed by atoms with E-state index in [-0.39, 0.29) is 0 Å². The van der Waals surface area contributed by atoms with Crippen molar-refractivity contribution < 1.29 is 0 Å². The number of fused-ring (bicyclic) bond motifs is 1. The smallest absolute Gasteiger partial charge is 0.110 e. The molecule has 2 aliphatic heterocycles. The van der Waals surface area contributed by atoms with Gasteiger partial charge in [0.2, 0.25) is 0 Å². The van der Waals surface area contributed by atoms with Crippen LogP contribution in [0.2, 0.25) is 0 Å². The van der Waals surface area contributed by atoms with Crippen molar-refractivity contribution in [2.75, 3.05) is 13.1 Å². The van der Waals surface area contributed by atoms with Crippen LogP contribution in [0.5, 0.6) is 0 Å². The Labute approximate surface area is 122 Å². The average Bonchev–Trinajstić information content (AvgIpc) is 2.80. The zero-order chi connectivity index (χ0) is 14.1. The predicted molar refractivity (Wildman–Crippen MR) is 81.7 cm³/mol. The molecule has 1 fully saturated rings. The number of likely N-dealkylation sites (tertiary alicyclic amines) is 1. The molecule has 0 aliphatic carbocycles. The first-order valence-electron chi connectivity index (χ1n) is 8.16. The third kappa shape index (κ3) is 3.07. The van der Waals surface area contributed by atoms with Crippen LogP contribution in [0.25, 0.3) is 0 Å². The molecule has 112 valence electrons. The van der Waals surface area contributed by atoms with Gasteiger partial charge in [-0.3, -0.25) is 0 Å². The summed E-state index contributed by atoms with van der Waals surface area (Å²) in [7, 11) is 0. The predicted octanol–water partition coefficient (Wildman–Crippen LogP) is 1.82. The molecule has 0 saturated carbocycles. The van der Waals surface area contributed by atoms with Gasteiger partial charge < -0.3 is 15.2 Å². The standard InChI is InChI=1S/C16H28N4/c1-12(2)19-6-3-4-13(10-19)8-15-11-20-7-5-14(17)9-16(20)18-15/h11-14H,3-10,17H2,1-2H3. The maximum atomic E-state index is 6.03. The van der Waals surface area contributed by atoms with E-state index in [0.29, 0.717) is 12.1 Å². The molecule has 2 N–H and O–H groups in total. The van der Waals surface area contributed by atoms with Crippen molar-refractivity contribution in [2.24, 2.45) is 11.7 Å². The highest BCUT2D eigenvalue weighted by Gasteiger charge is 2.24. The molecule has 2 atom stereocenters. The molecule has 1 saturated heterocycles. The molecule has 3 heterocycles. The van der Waals surface area contributed by atoms with Crippen LogP contribution < -0.4 is 5.73 Å². The summed E-state index contributed by atoms with van der Waals surface area (Å²) in [6.45, 7) is 8.16. The highest BCUT2D eigenvalue weighted by Crippen LogP contribution is 2.23. The number of piperidine rings is 1. The Hall–Kier alpha value is -0.870. The fourth-order valence-corrected chi connectivity index (χ4v) is 3.64. The van der Waals surface area contributed by atoms with Gasteiger partial charge in [0, 0.05) is 37.8 Å². The molecule has 0 bridgehead atoms. The van der Waals surface area contributed by atoms with Gasteiger partial charge in [-0.25, -0.2) is 4.98 Å². The number of nitrogens with two attached hydrogens (primary N) is 1. The quantitative estimate of drug-likeness (QED) is 0.916. The Morgan fingerprint density at radius 2 is 2.20 bits per heavy atom. The molecular formula is C16H28N4. The molecule has 20 heavy (non-hydrogen) atoms. The first kappa shape index (κ1) is 14.1. The second-order valence-electron chi connectivity index (χ2n) is 6.90. The lowest BCUT2D eigenvalue weighted by Gasteiger charge is -2.35. The number of aryl methyl sites for hydroxylation is 1. The fraction of sp³-hybridized carbons (Fsp3) is 0.812. The largest absolute Gasteiger partial charge is 0.335 e. The summed E-state index contributed by atoms with van der Waals surface area (Å²) in [5, 5.41) is 0. The van der Waals surface area contributed by atoms with Crippen LogP contribution in [0.4, 0.5) is 0 Å². The summed E-state index contributed by atoms with van der Waals surface area (Å²) in [4.78, 5) is 7.44. The van der Waals surface area contributed by atoms with E-state index in [4.69, 9.17) is 10.7 Å². The van der Waals surface area contributed by atoms with E-state index in [9.17, 15) is 0 Å². The van der Waals surface area contributed by atoms with Gasteiger partial charge in [-0.05, 0) is 52.0 Å². The van der Waals surface area contributed by atoms with Gasteiger partial charge >= 0.3 is 0 Å². The molecule has 2 unspecified atom stereocenters. The van der Waals surface area contributed by atoms with Gasteiger partial charge in [-0.15, -0.1) is 0 Å². The number of imidazole rings is 1. The van der Waals surface area contributed by atoms with Gasteiger partial charge in [0.05, 0.1) is 5.69 Å². The second-order valence-corrected chi connectivity index (χ2v) is 6.90. The van der Waals surface area contributed by atoms with Crippen molar-refractivity contribution in [3.05, 3.63) is 17.7 Å². The first-order chi connectivity index (χ1) is 9.61. The topological polar surface area (TPSA) is 47.1 Å². The molecule has 3 rings (SSSR count). The molecule has 0 amide bonds. The van der Waals surface area contributed by atoms with Crippen molar-refractivity contribution in [3.8, 4) is 0 Å². The minimum Gasteiger partial charge on any atom is -0.335 e. The SMILES string of the molecule is CC(C)N1CCCC(Cc2cn3c(n2)CC(N)CC3)C1. The van der Waals surface area contributed by atoms with Crippen LogP contribution in [0.15, 0.2) is 6.20 Å². The highest BCUT2D eigenvalue weighted by molar-refractivity contribution is 5.09. The van der Waals surface area contributed by atoms with Crippen LogP contribution in [0.3, 0.4) is 0 Å². The van der Waals surface area contributed by atoms with Crippen molar-refractivity contribution in [3.63, 3.8) is 0 Å². The summed E-state index contributed by atoms with van der Waals surface area (Å²) in [5.41, 5.74) is 7.32. The van der Waals surface area contributed by atoms with E-state index < -0.39 is 0 Å². The summed E-state index contributed by atoms with van der Waals surface area (Å²) in [5.74, 6) is 1.98. The van der Waals surface area contributed by atoms with Gasteiger partial charge in [0.25, 0.3) is 0 Å². The van der Waals surface area contributed by atoms with Gasteiger partial charge in [0.15, 0.2) is 0 Å². The van der Waals surface area contributed by atoms with E-state index in [2.05, 4.69) is 29.5 Å². The van der Waals surface area contributed by atoms with Crippen LogP contribution >= 0.6 is 0 Å². The van der Waals surface area contributed by atoms with E-state index in [1.165, 1.54) is 37.4 Å². The Morgan fingerprint density at radius 1 is 1.35 bits per heavy atom. The van der Waals surface area contributed by atoms with E-state index in [1.54, 1.807) is 0 Å².